The summed E-state index contributed by atoms with van der Waals surface area (Å²) in [6.07, 6.45) is 8.30. The van der Waals surface area contributed by atoms with E-state index in [1.165, 1.54) is 50.6 Å². The van der Waals surface area contributed by atoms with Crippen molar-refractivity contribution >= 4 is 0 Å². The lowest BCUT2D eigenvalue weighted by molar-refractivity contribution is -0.907. The van der Waals surface area contributed by atoms with Crippen molar-refractivity contribution in [3.8, 4) is 0 Å². The van der Waals surface area contributed by atoms with Gasteiger partial charge in [-0.2, -0.15) is 0 Å². The highest BCUT2D eigenvalue weighted by Gasteiger charge is 2.21. The third-order valence-corrected chi connectivity index (χ3v) is 4.25. The fourth-order valence-electron chi connectivity index (χ4n) is 3.13. The second-order valence-corrected chi connectivity index (χ2v) is 6.89. The van der Waals surface area contributed by atoms with E-state index in [2.05, 4.69) is 58.3 Å². The molecule has 0 aliphatic carbocycles. The van der Waals surface area contributed by atoms with Crippen molar-refractivity contribution in [2.75, 3.05) is 20.6 Å². The molecule has 1 rings (SSSR count). The highest BCUT2D eigenvalue weighted by atomic mass is 15.3. The molecule has 114 valence electrons. The van der Waals surface area contributed by atoms with Gasteiger partial charge in [-0.3, -0.25) is 0 Å². The average molecular weight is 276 g/mol. The summed E-state index contributed by atoms with van der Waals surface area (Å²) in [7, 11) is 4.75. The number of rotatable bonds is 10. The monoisotopic (exact) mass is 276 g/mol. The van der Waals surface area contributed by atoms with Crippen LogP contribution < -0.4 is 0 Å². The van der Waals surface area contributed by atoms with Gasteiger partial charge in [0.05, 0.1) is 20.6 Å². The van der Waals surface area contributed by atoms with Crippen LogP contribution in [-0.4, -0.2) is 25.1 Å². The van der Waals surface area contributed by atoms with Gasteiger partial charge in [-0.1, -0.05) is 69.9 Å². The summed E-state index contributed by atoms with van der Waals surface area (Å²) in [6.45, 7) is 7.09. The highest BCUT2D eigenvalue weighted by Crippen LogP contribution is 2.19. The molecule has 1 aromatic carbocycles. The summed E-state index contributed by atoms with van der Waals surface area (Å²) >= 11 is 0. The molecule has 0 aliphatic rings. The molecule has 0 amide bonds. The molecule has 20 heavy (non-hydrogen) atoms. The molecular formula is C19H34N+. The molecule has 0 saturated carbocycles. The summed E-state index contributed by atoms with van der Waals surface area (Å²) in [5.74, 6) is 0.880. The van der Waals surface area contributed by atoms with Gasteiger partial charge in [0, 0.05) is 11.5 Å². The normalized spacial score (nSPS) is 13.4. The predicted molar refractivity (Wildman–Crippen MR) is 89.7 cm³/mol. The van der Waals surface area contributed by atoms with E-state index in [0.29, 0.717) is 0 Å². The molecule has 0 aliphatic heterocycles. The van der Waals surface area contributed by atoms with Gasteiger partial charge in [-0.25, -0.2) is 0 Å². The summed E-state index contributed by atoms with van der Waals surface area (Å²) in [5, 5.41) is 0. The average Bonchev–Trinajstić information content (AvgIpc) is 2.42. The zero-order valence-corrected chi connectivity index (χ0v) is 14.1. The van der Waals surface area contributed by atoms with Crippen molar-refractivity contribution < 1.29 is 4.48 Å². The molecule has 1 aromatic rings. The lowest BCUT2D eigenvalue weighted by atomic mass is 9.96. The van der Waals surface area contributed by atoms with Crippen LogP contribution >= 0.6 is 0 Å². The van der Waals surface area contributed by atoms with Crippen LogP contribution in [-0.2, 0) is 6.54 Å². The minimum Gasteiger partial charge on any atom is -0.325 e. The molecule has 0 radical (unpaired) electrons. The van der Waals surface area contributed by atoms with E-state index in [1.807, 2.05) is 0 Å². The van der Waals surface area contributed by atoms with Gasteiger partial charge in [0.15, 0.2) is 0 Å². The Morgan fingerprint density at radius 1 is 0.950 bits per heavy atom. The van der Waals surface area contributed by atoms with Gasteiger partial charge in [-0.05, 0) is 12.8 Å². The zero-order valence-electron chi connectivity index (χ0n) is 14.1. The maximum Gasteiger partial charge on any atom is 0.104 e. The van der Waals surface area contributed by atoms with Crippen molar-refractivity contribution in [2.45, 2.75) is 58.9 Å². The number of unbranched alkanes of at least 4 members (excludes halogenated alkanes) is 3. The van der Waals surface area contributed by atoms with Gasteiger partial charge >= 0.3 is 0 Å². The third kappa shape index (κ3) is 7.09. The van der Waals surface area contributed by atoms with Crippen LogP contribution in [0.15, 0.2) is 30.3 Å². The Hall–Kier alpha value is -0.820. The van der Waals surface area contributed by atoms with E-state index in [1.54, 1.807) is 0 Å². The molecule has 0 N–H and O–H groups in total. The molecule has 0 aromatic heterocycles. The van der Waals surface area contributed by atoms with Crippen LogP contribution in [0.2, 0.25) is 0 Å². The van der Waals surface area contributed by atoms with Crippen molar-refractivity contribution in [3.05, 3.63) is 35.9 Å². The van der Waals surface area contributed by atoms with Gasteiger partial charge in [0.25, 0.3) is 0 Å². The molecule has 0 saturated heterocycles. The SMILES string of the molecule is CCCCCCC(CC)C[N+](C)(C)Cc1ccccc1. The molecule has 1 unspecified atom stereocenters. The summed E-state index contributed by atoms with van der Waals surface area (Å²) < 4.78 is 1.11. The Morgan fingerprint density at radius 3 is 2.25 bits per heavy atom. The van der Waals surface area contributed by atoms with Crippen LogP contribution in [0.25, 0.3) is 0 Å². The Bertz CT molecular complexity index is 342. The summed E-state index contributed by atoms with van der Waals surface area (Å²) in [4.78, 5) is 0. The minimum atomic E-state index is 0.880. The van der Waals surface area contributed by atoms with Crippen LogP contribution in [0, 0.1) is 5.92 Å². The van der Waals surface area contributed by atoms with Crippen LogP contribution in [0.1, 0.15) is 57.9 Å². The van der Waals surface area contributed by atoms with Crippen molar-refractivity contribution in [2.24, 2.45) is 5.92 Å². The molecule has 0 bridgehead atoms. The van der Waals surface area contributed by atoms with Gasteiger partial charge < -0.3 is 4.48 Å². The van der Waals surface area contributed by atoms with Crippen molar-refractivity contribution in [1.29, 1.82) is 0 Å². The first-order valence-electron chi connectivity index (χ1n) is 8.43. The lowest BCUT2D eigenvalue weighted by Gasteiger charge is -2.33. The molecule has 0 fully saturated rings. The van der Waals surface area contributed by atoms with E-state index in [9.17, 15) is 0 Å². The molecule has 1 nitrogen and oxygen atoms in total. The number of nitrogens with zero attached hydrogens (tertiary/aromatic N) is 1. The largest absolute Gasteiger partial charge is 0.325 e. The Labute approximate surface area is 126 Å². The second kappa shape index (κ2) is 9.18. The summed E-state index contributed by atoms with van der Waals surface area (Å²) in [6, 6.07) is 10.9. The highest BCUT2D eigenvalue weighted by molar-refractivity contribution is 5.13. The Balaban J connectivity index is 2.41. The smallest absolute Gasteiger partial charge is 0.104 e. The Kier molecular flexibility index (Phi) is 7.91. The number of quaternary nitrogens is 1. The third-order valence-electron chi connectivity index (χ3n) is 4.25. The van der Waals surface area contributed by atoms with E-state index >= 15 is 0 Å². The fourth-order valence-corrected chi connectivity index (χ4v) is 3.13. The van der Waals surface area contributed by atoms with Crippen molar-refractivity contribution in [3.63, 3.8) is 0 Å². The quantitative estimate of drug-likeness (QED) is 0.404. The summed E-state index contributed by atoms with van der Waals surface area (Å²) in [5.41, 5.74) is 1.46. The second-order valence-electron chi connectivity index (χ2n) is 6.89. The minimum absolute atomic E-state index is 0.880. The number of hydrogen-bond acceptors (Lipinski definition) is 0. The maximum absolute atomic E-state index is 2.38. The van der Waals surface area contributed by atoms with Crippen LogP contribution in [0.4, 0.5) is 0 Å². The molecule has 0 heterocycles. The van der Waals surface area contributed by atoms with E-state index in [-0.39, 0.29) is 0 Å². The van der Waals surface area contributed by atoms with Gasteiger partial charge in [0.1, 0.15) is 6.54 Å². The topological polar surface area (TPSA) is 0 Å². The van der Waals surface area contributed by atoms with E-state index in [4.69, 9.17) is 0 Å². The number of hydrogen-bond donors (Lipinski definition) is 0. The standard InChI is InChI=1S/C19H34N/c1-5-7-8-10-13-18(6-2)16-20(3,4)17-19-14-11-9-12-15-19/h9,11-12,14-15,18H,5-8,10,13,16-17H2,1-4H3/q+1. The zero-order chi connectivity index (χ0) is 14.8. The van der Waals surface area contributed by atoms with E-state index < -0.39 is 0 Å². The molecule has 1 heteroatoms. The predicted octanol–water partition coefficient (Wildman–Crippen LogP) is 5.26. The van der Waals surface area contributed by atoms with E-state index in [0.717, 1.165) is 16.9 Å². The lowest BCUT2D eigenvalue weighted by Crippen LogP contribution is -2.42. The van der Waals surface area contributed by atoms with Crippen LogP contribution in [0.3, 0.4) is 0 Å². The van der Waals surface area contributed by atoms with Gasteiger partial charge in [0.2, 0.25) is 0 Å². The van der Waals surface area contributed by atoms with Gasteiger partial charge in [-0.15, -0.1) is 0 Å². The first-order chi connectivity index (χ1) is 9.57. The maximum atomic E-state index is 2.38. The van der Waals surface area contributed by atoms with Crippen molar-refractivity contribution in [1.82, 2.24) is 0 Å². The first kappa shape index (κ1) is 17.2. The molecular weight excluding hydrogens is 242 g/mol. The fraction of sp³-hybridized carbons (Fsp3) is 0.684. The first-order valence-corrected chi connectivity index (χ1v) is 8.43. The molecule has 1 atom stereocenters. The Morgan fingerprint density at radius 2 is 1.65 bits per heavy atom. The van der Waals surface area contributed by atoms with Crippen LogP contribution in [0.5, 0.6) is 0 Å². The number of benzene rings is 1. The molecule has 0 spiro atoms.